The molecule has 0 bridgehead atoms. The summed E-state index contributed by atoms with van der Waals surface area (Å²) >= 11 is 0. The van der Waals surface area contributed by atoms with Gasteiger partial charge in [-0.3, -0.25) is 0 Å². The van der Waals surface area contributed by atoms with E-state index in [4.69, 9.17) is 0 Å². The summed E-state index contributed by atoms with van der Waals surface area (Å²) in [4.78, 5) is 2.31. The Labute approximate surface area is 85.9 Å². The lowest BCUT2D eigenvalue weighted by atomic mass is 9.89. The minimum Gasteiger partial charge on any atom is -0.384 e. The van der Waals surface area contributed by atoms with Gasteiger partial charge in [-0.2, -0.15) is 0 Å². The third-order valence-corrected chi connectivity index (χ3v) is 2.99. The van der Waals surface area contributed by atoms with Crippen molar-refractivity contribution in [3.63, 3.8) is 0 Å². The van der Waals surface area contributed by atoms with Crippen LogP contribution in [-0.2, 0) is 0 Å². The van der Waals surface area contributed by atoms with Crippen molar-refractivity contribution < 1.29 is 0 Å². The Bertz CT molecular complexity index is 320. The molecule has 14 heavy (non-hydrogen) atoms. The van der Waals surface area contributed by atoms with Crippen molar-refractivity contribution in [3.05, 3.63) is 29.8 Å². The van der Waals surface area contributed by atoms with E-state index >= 15 is 0 Å². The predicted molar refractivity (Wildman–Crippen MR) is 60.5 cm³/mol. The van der Waals surface area contributed by atoms with Crippen LogP contribution in [-0.4, -0.2) is 25.5 Å². The van der Waals surface area contributed by atoms with E-state index in [1.165, 1.54) is 11.3 Å². The van der Waals surface area contributed by atoms with E-state index in [0.717, 1.165) is 6.54 Å². The van der Waals surface area contributed by atoms with Crippen molar-refractivity contribution in [2.45, 2.75) is 13.0 Å². The van der Waals surface area contributed by atoms with E-state index in [-0.39, 0.29) is 0 Å². The smallest absolute Gasteiger partial charge is 0.0404 e. The van der Waals surface area contributed by atoms with Gasteiger partial charge < -0.3 is 10.2 Å². The fourth-order valence-corrected chi connectivity index (χ4v) is 2.39. The van der Waals surface area contributed by atoms with E-state index in [0.29, 0.717) is 12.0 Å². The lowest BCUT2D eigenvalue weighted by Crippen LogP contribution is -2.34. The third-order valence-electron chi connectivity index (χ3n) is 2.99. The largest absolute Gasteiger partial charge is 0.384 e. The minimum atomic E-state index is 0.549. The maximum absolute atomic E-state index is 3.47. The SMILES string of the molecule is CC1CNc2ccccc2C1N(C)C. The summed E-state index contributed by atoms with van der Waals surface area (Å²) in [6.45, 7) is 3.37. The number of benzene rings is 1. The number of nitrogens with one attached hydrogen (secondary N) is 1. The molecule has 0 saturated heterocycles. The molecule has 2 rings (SSSR count). The Kier molecular flexibility index (Phi) is 2.46. The fraction of sp³-hybridized carbons (Fsp3) is 0.500. The van der Waals surface area contributed by atoms with Crippen LogP contribution in [0.5, 0.6) is 0 Å². The first kappa shape index (κ1) is 9.53. The molecule has 1 aliphatic rings. The van der Waals surface area contributed by atoms with Crippen LogP contribution in [0.4, 0.5) is 5.69 Å². The first-order chi connectivity index (χ1) is 6.70. The normalized spacial score (nSPS) is 25.7. The molecule has 0 aliphatic carbocycles. The zero-order chi connectivity index (χ0) is 10.1. The molecule has 1 aromatic carbocycles. The van der Waals surface area contributed by atoms with Gasteiger partial charge >= 0.3 is 0 Å². The molecule has 1 N–H and O–H groups in total. The summed E-state index contributed by atoms with van der Waals surface area (Å²) in [5, 5.41) is 3.47. The van der Waals surface area contributed by atoms with Gasteiger partial charge in [0.05, 0.1) is 0 Å². The molecule has 2 heteroatoms. The van der Waals surface area contributed by atoms with Crippen molar-refractivity contribution in [1.82, 2.24) is 4.90 Å². The standard InChI is InChI=1S/C12H18N2/c1-9-8-13-11-7-5-4-6-10(11)12(9)14(2)3/h4-7,9,12-13H,8H2,1-3H3. The fourth-order valence-electron chi connectivity index (χ4n) is 2.39. The summed E-state index contributed by atoms with van der Waals surface area (Å²) in [5.41, 5.74) is 2.72. The first-order valence-corrected chi connectivity index (χ1v) is 5.19. The van der Waals surface area contributed by atoms with Gasteiger partial charge in [0.1, 0.15) is 0 Å². The molecule has 0 fully saturated rings. The van der Waals surface area contributed by atoms with E-state index in [1.807, 2.05) is 0 Å². The van der Waals surface area contributed by atoms with Gasteiger partial charge in [-0.15, -0.1) is 0 Å². The quantitative estimate of drug-likeness (QED) is 0.731. The number of anilines is 1. The van der Waals surface area contributed by atoms with Crippen LogP contribution in [0.1, 0.15) is 18.5 Å². The van der Waals surface area contributed by atoms with Crippen LogP contribution in [0.3, 0.4) is 0 Å². The third kappa shape index (κ3) is 1.50. The number of fused-ring (bicyclic) bond motifs is 1. The highest BCUT2D eigenvalue weighted by atomic mass is 15.1. The molecule has 2 unspecified atom stereocenters. The Hall–Kier alpha value is -1.02. The summed E-state index contributed by atoms with van der Waals surface area (Å²) in [6.07, 6.45) is 0. The average molecular weight is 190 g/mol. The zero-order valence-corrected chi connectivity index (χ0v) is 9.12. The second-order valence-corrected chi connectivity index (χ2v) is 4.35. The van der Waals surface area contributed by atoms with Crippen LogP contribution >= 0.6 is 0 Å². The highest BCUT2D eigenvalue weighted by Gasteiger charge is 2.27. The van der Waals surface area contributed by atoms with Gasteiger partial charge in [0.15, 0.2) is 0 Å². The highest BCUT2D eigenvalue weighted by Crippen LogP contribution is 2.35. The average Bonchev–Trinajstić information content (AvgIpc) is 2.17. The highest BCUT2D eigenvalue weighted by molar-refractivity contribution is 5.54. The Balaban J connectivity index is 2.41. The van der Waals surface area contributed by atoms with Gasteiger partial charge in [0, 0.05) is 18.3 Å². The Morgan fingerprint density at radius 1 is 1.29 bits per heavy atom. The summed E-state index contributed by atoms with van der Waals surface area (Å²) in [6, 6.07) is 9.15. The van der Waals surface area contributed by atoms with Crippen molar-refractivity contribution in [2.75, 3.05) is 26.0 Å². The molecule has 2 nitrogen and oxygen atoms in total. The zero-order valence-electron chi connectivity index (χ0n) is 9.12. The molecule has 2 atom stereocenters. The first-order valence-electron chi connectivity index (χ1n) is 5.19. The van der Waals surface area contributed by atoms with Crippen LogP contribution in [0.25, 0.3) is 0 Å². The maximum Gasteiger partial charge on any atom is 0.0404 e. The molecule has 76 valence electrons. The molecular weight excluding hydrogens is 172 g/mol. The van der Waals surface area contributed by atoms with Gasteiger partial charge in [0.25, 0.3) is 0 Å². The lowest BCUT2D eigenvalue weighted by molar-refractivity contribution is 0.225. The summed E-state index contributed by atoms with van der Waals surface area (Å²) in [7, 11) is 4.31. The van der Waals surface area contributed by atoms with Crippen molar-refractivity contribution in [3.8, 4) is 0 Å². The van der Waals surface area contributed by atoms with Crippen molar-refractivity contribution >= 4 is 5.69 Å². The lowest BCUT2D eigenvalue weighted by Gasteiger charge is -2.36. The van der Waals surface area contributed by atoms with Crippen LogP contribution in [0.2, 0.25) is 0 Å². The topological polar surface area (TPSA) is 15.3 Å². The molecule has 0 aromatic heterocycles. The van der Waals surface area contributed by atoms with Gasteiger partial charge in [-0.05, 0) is 31.6 Å². The predicted octanol–water partition coefficient (Wildman–Crippen LogP) is 2.35. The van der Waals surface area contributed by atoms with Gasteiger partial charge in [0.2, 0.25) is 0 Å². The number of hydrogen-bond acceptors (Lipinski definition) is 2. The molecular formula is C12H18N2. The molecule has 0 saturated carbocycles. The summed E-state index contributed by atoms with van der Waals surface area (Å²) in [5.74, 6) is 0.667. The van der Waals surface area contributed by atoms with Gasteiger partial charge in [-0.1, -0.05) is 25.1 Å². The Morgan fingerprint density at radius 3 is 2.71 bits per heavy atom. The van der Waals surface area contributed by atoms with Crippen LogP contribution in [0, 0.1) is 5.92 Å². The molecule has 0 amide bonds. The number of hydrogen-bond donors (Lipinski definition) is 1. The second kappa shape index (κ2) is 3.62. The molecule has 1 heterocycles. The molecule has 1 aliphatic heterocycles. The molecule has 1 aromatic rings. The van der Waals surface area contributed by atoms with Gasteiger partial charge in [-0.25, -0.2) is 0 Å². The van der Waals surface area contributed by atoms with E-state index in [1.54, 1.807) is 0 Å². The second-order valence-electron chi connectivity index (χ2n) is 4.35. The number of rotatable bonds is 1. The van der Waals surface area contributed by atoms with E-state index in [9.17, 15) is 0 Å². The van der Waals surface area contributed by atoms with Crippen LogP contribution in [0.15, 0.2) is 24.3 Å². The molecule has 0 spiro atoms. The maximum atomic E-state index is 3.47. The summed E-state index contributed by atoms with van der Waals surface area (Å²) < 4.78 is 0. The Morgan fingerprint density at radius 2 is 2.00 bits per heavy atom. The van der Waals surface area contributed by atoms with Crippen molar-refractivity contribution in [2.24, 2.45) is 5.92 Å². The minimum absolute atomic E-state index is 0.549. The van der Waals surface area contributed by atoms with E-state index < -0.39 is 0 Å². The van der Waals surface area contributed by atoms with Crippen LogP contribution < -0.4 is 5.32 Å². The number of nitrogens with zero attached hydrogens (tertiary/aromatic N) is 1. The van der Waals surface area contributed by atoms with E-state index in [2.05, 4.69) is 55.5 Å². The number of para-hydroxylation sites is 1. The molecule has 0 radical (unpaired) electrons. The monoisotopic (exact) mass is 190 g/mol. The van der Waals surface area contributed by atoms with Crippen molar-refractivity contribution in [1.29, 1.82) is 0 Å².